The Hall–Kier alpha value is -3.61. The van der Waals surface area contributed by atoms with Gasteiger partial charge in [0.15, 0.2) is 0 Å². The van der Waals surface area contributed by atoms with Crippen LogP contribution in [0.15, 0.2) is 72.5 Å². The fourth-order valence-electron chi connectivity index (χ4n) is 5.12. The normalized spacial score (nSPS) is 20.3. The third-order valence-corrected chi connectivity index (χ3v) is 6.70. The summed E-state index contributed by atoms with van der Waals surface area (Å²) in [5.41, 5.74) is 8.75. The lowest BCUT2D eigenvalue weighted by Crippen LogP contribution is -2.43. The van der Waals surface area contributed by atoms with Crippen LogP contribution < -0.4 is 10.2 Å². The van der Waals surface area contributed by atoms with Gasteiger partial charge in [-0.2, -0.15) is 0 Å². The average Bonchev–Trinajstić information content (AvgIpc) is 3.27. The highest BCUT2D eigenvalue weighted by Gasteiger charge is 2.33. The van der Waals surface area contributed by atoms with E-state index in [0.29, 0.717) is 12.6 Å². The number of carbonyl (C=O) groups is 1. The van der Waals surface area contributed by atoms with Crippen molar-refractivity contribution in [3.8, 4) is 5.75 Å². The Morgan fingerprint density at radius 3 is 2.94 bits per heavy atom. The third-order valence-electron chi connectivity index (χ3n) is 6.70. The minimum atomic E-state index is -0.560. The molecule has 3 N–H and O–H groups in total. The number of allylic oxidation sites excluding steroid dienone is 2. The van der Waals surface area contributed by atoms with E-state index in [1.807, 2.05) is 37.3 Å². The Kier molecular flexibility index (Phi) is 6.09. The van der Waals surface area contributed by atoms with Gasteiger partial charge in [-0.15, -0.1) is 0 Å². The zero-order valence-corrected chi connectivity index (χ0v) is 19.4. The van der Waals surface area contributed by atoms with Crippen molar-refractivity contribution in [2.75, 3.05) is 20.2 Å². The van der Waals surface area contributed by atoms with E-state index >= 15 is 0 Å². The van der Waals surface area contributed by atoms with Crippen molar-refractivity contribution in [1.29, 1.82) is 0 Å². The molecule has 3 aromatic rings. The standard InChI is InChI=1S/C28H29N3O3/c1-18(10-11-27(32)30-33)12-20-6-3-4-9-26(20)34-17-19-13-23-22-7-5-8-24-28(22)21(15-29-24)14-25(23)31(2)16-19/h3-13,15,19,25,29,33H,14,16-17H2,1-2H3,(H,30,32)/b11-10+,18-12+/t19-,25-/m1/s1. The van der Waals surface area contributed by atoms with Gasteiger partial charge in [0.05, 0.1) is 6.61 Å². The number of hydroxylamine groups is 1. The molecular formula is C28H29N3O3. The molecule has 6 heteroatoms. The summed E-state index contributed by atoms with van der Waals surface area (Å²) in [6, 6.07) is 14.8. The number of H-pyrrole nitrogens is 1. The summed E-state index contributed by atoms with van der Waals surface area (Å²) in [7, 11) is 2.21. The van der Waals surface area contributed by atoms with Crippen LogP contribution in [0.5, 0.6) is 5.75 Å². The number of benzene rings is 2. The van der Waals surface area contributed by atoms with Crippen LogP contribution in [0.4, 0.5) is 0 Å². The molecule has 1 amide bonds. The first-order valence-electron chi connectivity index (χ1n) is 11.6. The molecule has 5 rings (SSSR count). The second-order valence-electron chi connectivity index (χ2n) is 9.13. The van der Waals surface area contributed by atoms with Crippen molar-refractivity contribution in [1.82, 2.24) is 15.4 Å². The van der Waals surface area contributed by atoms with Gasteiger partial charge in [-0.25, -0.2) is 5.48 Å². The molecule has 0 bridgehead atoms. The molecule has 0 radical (unpaired) electrons. The number of amides is 1. The first-order chi connectivity index (χ1) is 16.5. The molecule has 1 aliphatic carbocycles. The molecule has 0 spiro atoms. The van der Waals surface area contributed by atoms with Crippen molar-refractivity contribution in [2.45, 2.75) is 19.4 Å². The van der Waals surface area contributed by atoms with Gasteiger partial charge in [0.25, 0.3) is 5.91 Å². The maximum absolute atomic E-state index is 11.2. The van der Waals surface area contributed by atoms with E-state index < -0.39 is 5.91 Å². The van der Waals surface area contributed by atoms with Crippen LogP contribution in [0.25, 0.3) is 22.6 Å². The molecular weight excluding hydrogens is 426 g/mol. The molecule has 2 aliphatic rings. The summed E-state index contributed by atoms with van der Waals surface area (Å²) in [6.07, 6.45) is 10.5. The maximum Gasteiger partial charge on any atom is 0.267 e. The molecule has 2 aromatic carbocycles. The van der Waals surface area contributed by atoms with Gasteiger partial charge < -0.3 is 9.72 Å². The lowest BCUT2D eigenvalue weighted by atomic mass is 9.80. The lowest BCUT2D eigenvalue weighted by molar-refractivity contribution is -0.124. The number of para-hydroxylation sites is 1. The predicted molar refractivity (Wildman–Crippen MR) is 135 cm³/mol. The molecule has 2 atom stereocenters. The van der Waals surface area contributed by atoms with Gasteiger partial charge in [0.1, 0.15) is 5.75 Å². The number of hydrogen-bond acceptors (Lipinski definition) is 4. The number of rotatable bonds is 6. The zero-order valence-electron chi connectivity index (χ0n) is 19.4. The Morgan fingerprint density at radius 1 is 1.24 bits per heavy atom. The monoisotopic (exact) mass is 455 g/mol. The summed E-state index contributed by atoms with van der Waals surface area (Å²) in [5, 5.41) is 10.0. The van der Waals surface area contributed by atoms with E-state index in [2.05, 4.69) is 47.4 Å². The summed E-state index contributed by atoms with van der Waals surface area (Å²) < 4.78 is 6.31. The summed E-state index contributed by atoms with van der Waals surface area (Å²) in [4.78, 5) is 17.1. The first kappa shape index (κ1) is 22.2. The van der Waals surface area contributed by atoms with Crippen molar-refractivity contribution < 1.29 is 14.7 Å². The van der Waals surface area contributed by atoms with Gasteiger partial charge in [-0.3, -0.25) is 14.9 Å². The second-order valence-corrected chi connectivity index (χ2v) is 9.13. The number of aromatic nitrogens is 1. The highest BCUT2D eigenvalue weighted by atomic mass is 16.5. The lowest BCUT2D eigenvalue weighted by Gasteiger charge is -2.39. The van der Waals surface area contributed by atoms with Crippen molar-refractivity contribution in [3.63, 3.8) is 0 Å². The zero-order chi connectivity index (χ0) is 23.7. The first-order valence-corrected chi connectivity index (χ1v) is 11.6. The number of carbonyl (C=O) groups excluding carboxylic acids is 1. The Bertz CT molecular complexity index is 1320. The number of aromatic amines is 1. The van der Waals surface area contributed by atoms with Crippen LogP contribution in [0.2, 0.25) is 0 Å². The predicted octanol–water partition coefficient (Wildman–Crippen LogP) is 4.58. The van der Waals surface area contributed by atoms with Crippen LogP contribution in [-0.4, -0.2) is 47.2 Å². The van der Waals surface area contributed by atoms with Crippen molar-refractivity contribution in [2.24, 2.45) is 5.92 Å². The fourth-order valence-corrected chi connectivity index (χ4v) is 5.12. The molecule has 2 heterocycles. The van der Waals surface area contributed by atoms with Crippen LogP contribution in [0, 0.1) is 5.92 Å². The van der Waals surface area contributed by atoms with Crippen LogP contribution in [-0.2, 0) is 11.2 Å². The fraction of sp³-hybridized carbons (Fsp3) is 0.250. The van der Waals surface area contributed by atoms with E-state index in [4.69, 9.17) is 9.94 Å². The topological polar surface area (TPSA) is 77.6 Å². The van der Waals surface area contributed by atoms with Crippen molar-refractivity contribution in [3.05, 3.63) is 89.2 Å². The smallest absolute Gasteiger partial charge is 0.267 e. The SMILES string of the molecule is CC(/C=C/C(=O)NO)=C\c1ccccc1OC[C@@H]1C=C2c3cccc4[nH]cc(c34)C[C@H]2N(C)C1. The van der Waals surface area contributed by atoms with Crippen LogP contribution in [0.1, 0.15) is 23.6 Å². The Labute approximate surface area is 199 Å². The minimum absolute atomic E-state index is 0.276. The quantitative estimate of drug-likeness (QED) is 0.220. The summed E-state index contributed by atoms with van der Waals surface area (Å²) >= 11 is 0. The number of hydrogen-bond donors (Lipinski definition) is 3. The van der Waals surface area contributed by atoms with E-state index in [-0.39, 0.29) is 5.92 Å². The second kappa shape index (κ2) is 9.33. The van der Waals surface area contributed by atoms with Gasteiger partial charge in [0, 0.05) is 47.2 Å². The molecule has 0 saturated heterocycles. The van der Waals surface area contributed by atoms with E-state index in [1.54, 1.807) is 11.6 Å². The molecule has 6 nitrogen and oxygen atoms in total. The Balaban J connectivity index is 1.36. The van der Waals surface area contributed by atoms with Crippen molar-refractivity contribution >= 4 is 28.5 Å². The highest BCUT2D eigenvalue weighted by molar-refractivity contribution is 5.98. The largest absolute Gasteiger partial charge is 0.492 e. The van der Waals surface area contributed by atoms with Gasteiger partial charge in [-0.1, -0.05) is 48.1 Å². The molecule has 174 valence electrons. The third kappa shape index (κ3) is 4.30. The minimum Gasteiger partial charge on any atom is -0.492 e. The van der Waals surface area contributed by atoms with E-state index in [0.717, 1.165) is 29.9 Å². The summed E-state index contributed by atoms with van der Waals surface area (Å²) in [5.74, 6) is 0.525. The number of nitrogens with zero attached hydrogens (tertiary/aromatic N) is 1. The van der Waals surface area contributed by atoms with E-state index in [1.165, 1.54) is 33.7 Å². The average molecular weight is 456 g/mol. The molecule has 0 fully saturated rings. The molecule has 1 aromatic heterocycles. The van der Waals surface area contributed by atoms with Gasteiger partial charge in [-0.05, 0) is 55.3 Å². The number of likely N-dealkylation sites (N-methyl/N-ethyl adjacent to an activating group) is 1. The van der Waals surface area contributed by atoms with Crippen LogP contribution in [0.3, 0.4) is 0 Å². The molecule has 0 saturated carbocycles. The van der Waals surface area contributed by atoms with Gasteiger partial charge >= 0.3 is 0 Å². The van der Waals surface area contributed by atoms with Crippen LogP contribution >= 0.6 is 0 Å². The maximum atomic E-state index is 11.2. The van der Waals surface area contributed by atoms with E-state index in [9.17, 15) is 4.79 Å². The number of ether oxygens (including phenoxy) is 1. The molecule has 0 unspecified atom stereocenters. The summed E-state index contributed by atoms with van der Waals surface area (Å²) in [6.45, 7) is 3.43. The number of fused-ring (bicyclic) bond motifs is 2. The number of nitrogens with one attached hydrogen (secondary N) is 2. The Morgan fingerprint density at radius 2 is 2.09 bits per heavy atom. The molecule has 1 aliphatic heterocycles. The highest BCUT2D eigenvalue weighted by Crippen LogP contribution is 2.40. The van der Waals surface area contributed by atoms with Gasteiger partial charge in [0.2, 0.25) is 0 Å². The molecule has 34 heavy (non-hydrogen) atoms.